The van der Waals surface area contributed by atoms with E-state index in [4.69, 9.17) is 15.2 Å². The van der Waals surface area contributed by atoms with E-state index in [9.17, 15) is 0 Å². The molecule has 0 bridgehead atoms. The van der Waals surface area contributed by atoms with Crippen molar-refractivity contribution in [1.29, 1.82) is 0 Å². The molecule has 6 nitrogen and oxygen atoms in total. The van der Waals surface area contributed by atoms with Crippen LogP contribution in [0.4, 0.5) is 5.82 Å². The van der Waals surface area contributed by atoms with Crippen molar-refractivity contribution in [2.45, 2.75) is 6.61 Å². The Bertz CT molecular complexity index is 722. The van der Waals surface area contributed by atoms with Gasteiger partial charge >= 0.3 is 0 Å². The van der Waals surface area contributed by atoms with Gasteiger partial charge < -0.3 is 15.2 Å². The Labute approximate surface area is 115 Å². The summed E-state index contributed by atoms with van der Waals surface area (Å²) < 4.78 is 12.6. The van der Waals surface area contributed by atoms with Crippen LogP contribution in [0.15, 0.2) is 42.9 Å². The number of fused-ring (bicyclic) bond motifs is 1. The van der Waals surface area contributed by atoms with Gasteiger partial charge in [0.1, 0.15) is 18.2 Å². The summed E-state index contributed by atoms with van der Waals surface area (Å²) >= 11 is 0. The van der Waals surface area contributed by atoms with Gasteiger partial charge in [0.05, 0.1) is 13.3 Å². The number of rotatable bonds is 4. The van der Waals surface area contributed by atoms with Crippen LogP contribution in [-0.4, -0.2) is 21.5 Å². The Morgan fingerprint density at radius 2 is 2.05 bits per heavy atom. The van der Waals surface area contributed by atoms with Gasteiger partial charge in [-0.3, -0.25) is 4.40 Å². The average Bonchev–Trinajstić information content (AvgIpc) is 2.93. The van der Waals surface area contributed by atoms with Crippen molar-refractivity contribution in [3.8, 4) is 11.6 Å². The predicted octanol–water partition coefficient (Wildman–Crippen LogP) is 1.90. The molecule has 0 atom stereocenters. The summed E-state index contributed by atoms with van der Waals surface area (Å²) in [5.74, 6) is 1.62. The van der Waals surface area contributed by atoms with Crippen molar-refractivity contribution in [2.24, 2.45) is 0 Å². The molecule has 0 saturated heterocycles. The van der Waals surface area contributed by atoms with Gasteiger partial charge in [-0.05, 0) is 17.7 Å². The summed E-state index contributed by atoms with van der Waals surface area (Å²) in [4.78, 5) is 8.37. The van der Waals surface area contributed by atoms with Crippen molar-refractivity contribution in [1.82, 2.24) is 14.4 Å². The molecule has 2 heterocycles. The topological polar surface area (TPSA) is 74.7 Å². The maximum Gasteiger partial charge on any atom is 0.260 e. The third-order valence-electron chi connectivity index (χ3n) is 2.90. The van der Waals surface area contributed by atoms with Gasteiger partial charge in [0.25, 0.3) is 5.88 Å². The average molecular weight is 270 g/mol. The molecule has 102 valence electrons. The summed E-state index contributed by atoms with van der Waals surface area (Å²) in [6, 6.07) is 7.65. The highest BCUT2D eigenvalue weighted by Gasteiger charge is 2.07. The quantitative estimate of drug-likeness (QED) is 0.783. The summed E-state index contributed by atoms with van der Waals surface area (Å²) in [5.41, 5.74) is 7.39. The molecule has 0 radical (unpaired) electrons. The first kappa shape index (κ1) is 12.3. The lowest BCUT2D eigenvalue weighted by molar-refractivity contribution is 0.296. The molecule has 2 aromatic heterocycles. The highest BCUT2D eigenvalue weighted by Crippen LogP contribution is 2.19. The van der Waals surface area contributed by atoms with Crippen molar-refractivity contribution in [2.75, 3.05) is 12.8 Å². The number of nitrogen functional groups attached to an aromatic ring is 1. The molecule has 3 rings (SSSR count). The zero-order valence-corrected chi connectivity index (χ0v) is 11.0. The zero-order chi connectivity index (χ0) is 13.9. The highest BCUT2D eigenvalue weighted by atomic mass is 16.5. The lowest BCUT2D eigenvalue weighted by Crippen LogP contribution is -2.02. The number of nitrogens with two attached hydrogens (primary N) is 1. The van der Waals surface area contributed by atoms with Gasteiger partial charge in [-0.1, -0.05) is 12.1 Å². The minimum Gasteiger partial charge on any atom is -0.497 e. The third-order valence-corrected chi connectivity index (χ3v) is 2.90. The normalized spacial score (nSPS) is 10.7. The number of methoxy groups -OCH3 is 1. The minimum atomic E-state index is 0.389. The van der Waals surface area contributed by atoms with E-state index in [2.05, 4.69) is 9.97 Å². The molecule has 20 heavy (non-hydrogen) atoms. The van der Waals surface area contributed by atoms with Gasteiger partial charge in [-0.25, -0.2) is 4.98 Å². The van der Waals surface area contributed by atoms with Crippen molar-refractivity contribution >= 4 is 11.5 Å². The van der Waals surface area contributed by atoms with Crippen LogP contribution >= 0.6 is 0 Å². The smallest absolute Gasteiger partial charge is 0.260 e. The molecule has 0 fully saturated rings. The van der Waals surface area contributed by atoms with Crippen LogP contribution in [-0.2, 0) is 6.61 Å². The maximum atomic E-state index is 5.73. The summed E-state index contributed by atoms with van der Waals surface area (Å²) in [6.45, 7) is 0.392. The molecular weight excluding hydrogens is 256 g/mol. The minimum absolute atomic E-state index is 0.389. The molecule has 0 aliphatic carbocycles. The number of ether oxygens (including phenoxy) is 2. The standard InChI is InChI=1S/C14H14N4O2/c1-19-11-4-2-10(3-5-11)9-20-14-13-16-6-7-18(13)8-12(15)17-14/h2-8H,9,15H2,1H3. The van der Waals surface area contributed by atoms with Gasteiger partial charge in [0.15, 0.2) is 0 Å². The van der Waals surface area contributed by atoms with E-state index < -0.39 is 0 Å². The Kier molecular flexibility index (Phi) is 3.12. The van der Waals surface area contributed by atoms with Crippen LogP contribution in [0.2, 0.25) is 0 Å². The number of anilines is 1. The summed E-state index contributed by atoms with van der Waals surface area (Å²) in [7, 11) is 1.64. The fraction of sp³-hybridized carbons (Fsp3) is 0.143. The molecule has 2 N–H and O–H groups in total. The van der Waals surface area contributed by atoms with Crippen molar-refractivity contribution < 1.29 is 9.47 Å². The first-order chi connectivity index (χ1) is 9.76. The van der Waals surface area contributed by atoms with Crippen LogP contribution < -0.4 is 15.2 Å². The fourth-order valence-electron chi connectivity index (χ4n) is 1.89. The molecule has 0 aliphatic heterocycles. The second kappa shape index (κ2) is 5.08. The number of imidazole rings is 1. The molecule has 1 aromatic carbocycles. The SMILES string of the molecule is COc1ccc(COc2nc(N)cn3ccnc23)cc1. The number of hydrogen-bond acceptors (Lipinski definition) is 5. The van der Waals surface area contributed by atoms with E-state index in [1.54, 1.807) is 30.1 Å². The van der Waals surface area contributed by atoms with Gasteiger partial charge in [-0.2, -0.15) is 4.98 Å². The Morgan fingerprint density at radius 3 is 2.80 bits per heavy atom. The zero-order valence-electron chi connectivity index (χ0n) is 11.0. The third kappa shape index (κ3) is 2.35. The van der Waals surface area contributed by atoms with Gasteiger partial charge in [0, 0.05) is 12.4 Å². The van der Waals surface area contributed by atoms with Crippen LogP contribution in [0.25, 0.3) is 5.65 Å². The van der Waals surface area contributed by atoms with Crippen molar-refractivity contribution in [3.05, 3.63) is 48.4 Å². The number of benzene rings is 1. The van der Waals surface area contributed by atoms with E-state index in [1.807, 2.05) is 24.3 Å². The Hall–Kier alpha value is -2.76. The first-order valence-corrected chi connectivity index (χ1v) is 6.11. The van der Waals surface area contributed by atoms with Gasteiger partial charge in [-0.15, -0.1) is 0 Å². The number of aromatic nitrogens is 3. The molecule has 6 heteroatoms. The number of nitrogens with zero attached hydrogens (tertiary/aromatic N) is 3. The number of hydrogen-bond donors (Lipinski definition) is 1. The summed E-state index contributed by atoms with van der Waals surface area (Å²) in [6.07, 6.45) is 5.17. The molecule has 0 spiro atoms. The van der Waals surface area contributed by atoms with E-state index in [-0.39, 0.29) is 0 Å². The monoisotopic (exact) mass is 270 g/mol. The van der Waals surface area contributed by atoms with E-state index in [0.717, 1.165) is 11.3 Å². The van der Waals surface area contributed by atoms with E-state index >= 15 is 0 Å². The fourth-order valence-corrected chi connectivity index (χ4v) is 1.89. The molecule has 0 aliphatic rings. The Morgan fingerprint density at radius 1 is 1.25 bits per heavy atom. The molecule has 0 amide bonds. The van der Waals surface area contributed by atoms with Crippen LogP contribution in [0.3, 0.4) is 0 Å². The lowest BCUT2D eigenvalue weighted by atomic mass is 10.2. The second-order valence-corrected chi connectivity index (χ2v) is 4.27. The highest BCUT2D eigenvalue weighted by molar-refractivity contribution is 5.52. The largest absolute Gasteiger partial charge is 0.497 e. The first-order valence-electron chi connectivity index (χ1n) is 6.11. The molecule has 0 unspecified atom stereocenters. The predicted molar refractivity (Wildman–Crippen MR) is 74.7 cm³/mol. The molecule has 3 aromatic rings. The van der Waals surface area contributed by atoms with Crippen molar-refractivity contribution in [3.63, 3.8) is 0 Å². The molecular formula is C14H14N4O2. The Balaban J connectivity index is 1.80. The second-order valence-electron chi connectivity index (χ2n) is 4.27. The molecule has 0 saturated carbocycles. The van der Waals surface area contributed by atoms with Crippen LogP contribution in [0.5, 0.6) is 11.6 Å². The lowest BCUT2D eigenvalue weighted by Gasteiger charge is -2.08. The van der Waals surface area contributed by atoms with Crippen LogP contribution in [0.1, 0.15) is 5.56 Å². The van der Waals surface area contributed by atoms with E-state index in [0.29, 0.717) is 24.0 Å². The van der Waals surface area contributed by atoms with E-state index in [1.165, 1.54) is 0 Å². The summed E-state index contributed by atoms with van der Waals surface area (Å²) in [5, 5.41) is 0. The van der Waals surface area contributed by atoms with Crippen LogP contribution in [0, 0.1) is 0 Å². The maximum absolute atomic E-state index is 5.73. The van der Waals surface area contributed by atoms with Gasteiger partial charge in [0.2, 0.25) is 5.65 Å².